The molecular weight excluding hydrogens is 320 g/mol. The predicted octanol–water partition coefficient (Wildman–Crippen LogP) is 1.21. The van der Waals surface area contributed by atoms with Crippen molar-refractivity contribution in [2.75, 3.05) is 30.3 Å². The Labute approximate surface area is 145 Å². The maximum absolute atomic E-state index is 5.97. The van der Waals surface area contributed by atoms with Gasteiger partial charge in [-0.15, -0.1) is 0 Å². The molecule has 0 unspecified atom stereocenters. The fourth-order valence-corrected chi connectivity index (χ4v) is 3.84. The fourth-order valence-electron chi connectivity index (χ4n) is 3.84. The molecule has 0 radical (unpaired) electrons. The van der Waals surface area contributed by atoms with Crippen LogP contribution in [0.1, 0.15) is 24.8 Å². The summed E-state index contributed by atoms with van der Waals surface area (Å²) in [7, 11) is 0. The molecule has 2 saturated heterocycles. The molecule has 0 spiro atoms. The lowest BCUT2D eigenvalue weighted by atomic mass is 10.1. The second-order valence-corrected chi connectivity index (χ2v) is 6.80. The van der Waals surface area contributed by atoms with E-state index in [0.29, 0.717) is 30.5 Å². The fraction of sp³-hybridized carbons (Fsp3) is 0.529. The van der Waals surface area contributed by atoms with E-state index < -0.39 is 0 Å². The van der Waals surface area contributed by atoms with Gasteiger partial charge in [-0.05, 0) is 25.7 Å². The number of rotatable bonds is 2. The standard InChI is InChI=1S/C17H20N6O2/c18-17-19-6-10(7-20-17)14-21-15(13-2-1-5-24-16(13)22-14)23-8-11-3-4-12(9-23)25-11/h6-7,11-12H,1-5,8-9H2,(H2,18,19,20)/t11-,12+. The van der Waals surface area contributed by atoms with Gasteiger partial charge < -0.3 is 20.1 Å². The third kappa shape index (κ3) is 2.66. The first-order chi connectivity index (χ1) is 12.3. The Morgan fingerprint density at radius 1 is 1.08 bits per heavy atom. The highest BCUT2D eigenvalue weighted by molar-refractivity contribution is 5.62. The van der Waals surface area contributed by atoms with Crippen LogP contribution in [-0.4, -0.2) is 51.8 Å². The van der Waals surface area contributed by atoms with Crippen LogP contribution < -0.4 is 15.4 Å². The van der Waals surface area contributed by atoms with Gasteiger partial charge in [0.1, 0.15) is 5.82 Å². The van der Waals surface area contributed by atoms with Crippen LogP contribution in [0.4, 0.5) is 11.8 Å². The number of fused-ring (bicyclic) bond motifs is 3. The minimum Gasteiger partial charge on any atom is -0.477 e. The van der Waals surface area contributed by atoms with Gasteiger partial charge in [-0.1, -0.05) is 0 Å². The van der Waals surface area contributed by atoms with Crippen molar-refractivity contribution in [3.63, 3.8) is 0 Å². The summed E-state index contributed by atoms with van der Waals surface area (Å²) in [5.74, 6) is 2.47. The molecule has 0 aliphatic carbocycles. The lowest BCUT2D eigenvalue weighted by Crippen LogP contribution is -2.43. The summed E-state index contributed by atoms with van der Waals surface area (Å²) in [5.41, 5.74) is 7.43. The number of nitrogens with two attached hydrogens (primary N) is 1. The normalized spacial score (nSPS) is 24.7. The molecular formula is C17H20N6O2. The van der Waals surface area contributed by atoms with Gasteiger partial charge in [0.25, 0.3) is 0 Å². The molecule has 5 rings (SSSR count). The summed E-state index contributed by atoms with van der Waals surface area (Å²) in [6.07, 6.45) is 8.10. The lowest BCUT2D eigenvalue weighted by molar-refractivity contribution is 0.0301. The Hall–Kier alpha value is -2.48. The second kappa shape index (κ2) is 5.80. The molecule has 3 aliphatic rings. The van der Waals surface area contributed by atoms with Crippen molar-refractivity contribution in [2.24, 2.45) is 0 Å². The summed E-state index contributed by atoms with van der Waals surface area (Å²) in [6, 6.07) is 0. The van der Waals surface area contributed by atoms with Crippen LogP contribution in [-0.2, 0) is 11.2 Å². The first kappa shape index (κ1) is 14.8. The Kier molecular flexibility index (Phi) is 3.44. The maximum atomic E-state index is 5.97. The van der Waals surface area contributed by atoms with Crippen LogP contribution in [0.5, 0.6) is 5.88 Å². The molecule has 0 amide bonds. The number of anilines is 2. The molecule has 3 aliphatic heterocycles. The molecule has 8 nitrogen and oxygen atoms in total. The quantitative estimate of drug-likeness (QED) is 0.871. The van der Waals surface area contributed by atoms with Gasteiger partial charge in [-0.3, -0.25) is 0 Å². The zero-order chi connectivity index (χ0) is 16.8. The average molecular weight is 340 g/mol. The van der Waals surface area contributed by atoms with E-state index in [1.165, 1.54) is 0 Å². The van der Waals surface area contributed by atoms with Crippen molar-refractivity contribution in [3.8, 4) is 17.3 Å². The summed E-state index contributed by atoms with van der Waals surface area (Å²) in [4.78, 5) is 19.9. The first-order valence-electron chi connectivity index (χ1n) is 8.78. The van der Waals surface area contributed by atoms with Crippen molar-refractivity contribution < 1.29 is 9.47 Å². The number of aromatic nitrogens is 4. The van der Waals surface area contributed by atoms with Crippen molar-refractivity contribution in [1.82, 2.24) is 19.9 Å². The van der Waals surface area contributed by atoms with Gasteiger partial charge in [-0.2, -0.15) is 4.98 Å². The van der Waals surface area contributed by atoms with E-state index in [1.807, 2.05) is 0 Å². The smallest absolute Gasteiger partial charge is 0.222 e. The number of nitrogens with zero attached hydrogens (tertiary/aromatic N) is 5. The Balaban J connectivity index is 1.58. The van der Waals surface area contributed by atoms with Crippen LogP contribution >= 0.6 is 0 Å². The van der Waals surface area contributed by atoms with E-state index in [-0.39, 0.29) is 5.95 Å². The molecule has 130 valence electrons. The number of hydrogen-bond donors (Lipinski definition) is 1. The van der Waals surface area contributed by atoms with Gasteiger partial charge in [0, 0.05) is 25.5 Å². The van der Waals surface area contributed by atoms with Crippen LogP contribution in [0.15, 0.2) is 12.4 Å². The van der Waals surface area contributed by atoms with E-state index in [0.717, 1.165) is 55.7 Å². The molecule has 5 heterocycles. The molecule has 2 bridgehead atoms. The minimum atomic E-state index is 0.239. The van der Waals surface area contributed by atoms with Gasteiger partial charge in [-0.25, -0.2) is 15.0 Å². The lowest BCUT2D eigenvalue weighted by Gasteiger charge is -2.35. The monoisotopic (exact) mass is 340 g/mol. The van der Waals surface area contributed by atoms with E-state index in [2.05, 4.69) is 19.9 Å². The molecule has 0 saturated carbocycles. The van der Waals surface area contributed by atoms with E-state index in [1.54, 1.807) is 12.4 Å². The molecule has 2 N–H and O–H groups in total. The average Bonchev–Trinajstić information content (AvgIpc) is 2.99. The van der Waals surface area contributed by atoms with Crippen LogP contribution in [0.2, 0.25) is 0 Å². The summed E-state index contributed by atoms with van der Waals surface area (Å²) >= 11 is 0. The molecule has 2 aromatic rings. The van der Waals surface area contributed by atoms with Crippen molar-refractivity contribution in [2.45, 2.75) is 37.9 Å². The molecule has 25 heavy (non-hydrogen) atoms. The number of nitrogen functional groups attached to an aromatic ring is 1. The van der Waals surface area contributed by atoms with Crippen LogP contribution in [0, 0.1) is 0 Å². The zero-order valence-electron chi connectivity index (χ0n) is 13.9. The predicted molar refractivity (Wildman–Crippen MR) is 91.4 cm³/mol. The highest BCUT2D eigenvalue weighted by atomic mass is 16.5. The summed E-state index contributed by atoms with van der Waals surface area (Å²) in [5, 5.41) is 0. The molecule has 2 atom stereocenters. The van der Waals surface area contributed by atoms with E-state index in [9.17, 15) is 0 Å². The van der Waals surface area contributed by atoms with Crippen molar-refractivity contribution in [3.05, 3.63) is 18.0 Å². The largest absolute Gasteiger partial charge is 0.477 e. The van der Waals surface area contributed by atoms with Gasteiger partial charge in [0.15, 0.2) is 5.82 Å². The number of morpholine rings is 1. The molecule has 2 aromatic heterocycles. The Morgan fingerprint density at radius 3 is 2.60 bits per heavy atom. The third-order valence-corrected chi connectivity index (χ3v) is 5.03. The number of ether oxygens (including phenoxy) is 2. The highest BCUT2D eigenvalue weighted by Crippen LogP contribution is 2.36. The van der Waals surface area contributed by atoms with Crippen molar-refractivity contribution >= 4 is 11.8 Å². The van der Waals surface area contributed by atoms with Crippen LogP contribution in [0.3, 0.4) is 0 Å². The Morgan fingerprint density at radius 2 is 1.84 bits per heavy atom. The Bertz CT molecular complexity index is 784. The number of hydrogen-bond acceptors (Lipinski definition) is 8. The SMILES string of the molecule is Nc1ncc(-c2nc3c(c(N4C[C@H]5CC[C@@H](C4)O5)n2)CCCO3)cn1. The maximum Gasteiger partial charge on any atom is 0.222 e. The van der Waals surface area contributed by atoms with Gasteiger partial charge >= 0.3 is 0 Å². The van der Waals surface area contributed by atoms with Crippen LogP contribution in [0.25, 0.3) is 11.4 Å². The topological polar surface area (TPSA) is 99.3 Å². The first-order valence-corrected chi connectivity index (χ1v) is 8.78. The summed E-state index contributed by atoms with van der Waals surface area (Å²) < 4.78 is 11.8. The second-order valence-electron chi connectivity index (χ2n) is 6.80. The van der Waals surface area contributed by atoms with E-state index >= 15 is 0 Å². The van der Waals surface area contributed by atoms with E-state index in [4.69, 9.17) is 20.2 Å². The van der Waals surface area contributed by atoms with Crippen molar-refractivity contribution in [1.29, 1.82) is 0 Å². The molecule has 0 aromatic carbocycles. The molecule has 8 heteroatoms. The zero-order valence-corrected chi connectivity index (χ0v) is 13.9. The van der Waals surface area contributed by atoms with Gasteiger partial charge in [0.2, 0.25) is 11.8 Å². The van der Waals surface area contributed by atoms with Gasteiger partial charge in [0.05, 0.1) is 29.9 Å². The summed E-state index contributed by atoms with van der Waals surface area (Å²) in [6.45, 7) is 2.44. The molecule has 2 fully saturated rings. The third-order valence-electron chi connectivity index (χ3n) is 5.03. The minimum absolute atomic E-state index is 0.239. The highest BCUT2D eigenvalue weighted by Gasteiger charge is 2.36.